The van der Waals surface area contributed by atoms with Gasteiger partial charge in [-0.15, -0.1) is 11.3 Å². The molecule has 3 atom stereocenters. The van der Waals surface area contributed by atoms with Crippen molar-refractivity contribution in [2.75, 3.05) is 0 Å². The second kappa shape index (κ2) is 3.74. The van der Waals surface area contributed by atoms with Gasteiger partial charge in [-0.2, -0.15) is 0 Å². The van der Waals surface area contributed by atoms with Gasteiger partial charge in [0.1, 0.15) is 0 Å². The molecule has 0 bridgehead atoms. The van der Waals surface area contributed by atoms with Crippen molar-refractivity contribution in [2.24, 2.45) is 23.6 Å². The van der Waals surface area contributed by atoms with Crippen molar-refractivity contribution < 1.29 is 0 Å². The van der Waals surface area contributed by atoms with E-state index in [0.29, 0.717) is 5.92 Å². The summed E-state index contributed by atoms with van der Waals surface area (Å²) in [5.41, 5.74) is 2.95. The molecule has 0 aliphatic heterocycles. The minimum atomic E-state index is 0.269. The fraction of sp³-hybridized carbons (Fsp3) is 0.636. The van der Waals surface area contributed by atoms with Crippen LogP contribution in [0.4, 0.5) is 0 Å². The van der Waals surface area contributed by atoms with E-state index in [1.54, 1.807) is 11.3 Å². The molecule has 2 nitrogen and oxygen atoms in total. The van der Waals surface area contributed by atoms with Crippen molar-refractivity contribution in [3.63, 3.8) is 0 Å². The first kappa shape index (κ1) is 10.1. The van der Waals surface area contributed by atoms with E-state index in [9.17, 15) is 0 Å². The van der Waals surface area contributed by atoms with Crippen molar-refractivity contribution in [1.82, 2.24) is 5.43 Å². The van der Waals surface area contributed by atoms with Crippen LogP contribution in [0.15, 0.2) is 11.4 Å². The quantitative estimate of drug-likeness (QED) is 0.632. The highest BCUT2D eigenvalue weighted by Gasteiger charge is 2.48. The summed E-state index contributed by atoms with van der Waals surface area (Å²) in [6.45, 7) is 0. The average Bonchev–Trinajstić information content (AvgIpc) is 2.65. The van der Waals surface area contributed by atoms with Gasteiger partial charge in [-0.05, 0) is 48.5 Å². The van der Waals surface area contributed by atoms with E-state index in [1.165, 1.54) is 24.1 Å². The summed E-state index contributed by atoms with van der Waals surface area (Å²) in [6.07, 6.45) is 4.10. The summed E-state index contributed by atoms with van der Waals surface area (Å²) in [4.78, 5) is 1.21. The molecule has 2 aliphatic rings. The molecule has 3 rings (SSSR count). The second-order valence-corrected chi connectivity index (χ2v) is 6.12. The summed E-state index contributed by atoms with van der Waals surface area (Å²) >= 11 is 7.86. The van der Waals surface area contributed by atoms with Crippen molar-refractivity contribution >= 4 is 22.9 Å². The largest absolute Gasteiger partial charge is 0.271 e. The van der Waals surface area contributed by atoms with Gasteiger partial charge in [0.05, 0.1) is 11.1 Å². The number of halogens is 1. The lowest BCUT2D eigenvalue weighted by molar-refractivity contribution is 0.350. The minimum Gasteiger partial charge on any atom is -0.271 e. The smallest absolute Gasteiger partial charge is 0.0596 e. The van der Waals surface area contributed by atoms with E-state index in [0.717, 1.165) is 16.9 Å². The van der Waals surface area contributed by atoms with Crippen LogP contribution in [0.2, 0.25) is 5.02 Å². The molecule has 1 aromatic rings. The molecule has 1 aromatic heterocycles. The number of nitrogens with two attached hydrogens (primary N) is 1. The maximum Gasteiger partial charge on any atom is 0.0596 e. The molecular formula is C11H15ClN2S. The Bertz CT molecular complexity index is 355. The third-order valence-electron chi connectivity index (χ3n) is 3.86. The molecule has 0 amide bonds. The number of hydrazine groups is 1. The number of fused-ring (bicyclic) bond motifs is 1. The fourth-order valence-electron chi connectivity index (χ4n) is 2.99. The molecule has 0 saturated heterocycles. The molecule has 2 saturated carbocycles. The van der Waals surface area contributed by atoms with Crippen LogP contribution in [0.25, 0.3) is 0 Å². The zero-order chi connectivity index (χ0) is 10.4. The topological polar surface area (TPSA) is 38.0 Å². The van der Waals surface area contributed by atoms with Crippen LogP contribution >= 0.6 is 22.9 Å². The van der Waals surface area contributed by atoms with Gasteiger partial charge in [-0.1, -0.05) is 11.6 Å². The van der Waals surface area contributed by atoms with E-state index in [1.807, 2.05) is 11.4 Å². The monoisotopic (exact) mass is 242 g/mol. The molecule has 0 radical (unpaired) electrons. The lowest BCUT2D eigenvalue weighted by Crippen LogP contribution is -2.32. The molecule has 0 spiro atoms. The maximum atomic E-state index is 6.15. The molecule has 82 valence electrons. The van der Waals surface area contributed by atoms with Gasteiger partial charge in [0.15, 0.2) is 0 Å². The zero-order valence-corrected chi connectivity index (χ0v) is 10.0. The summed E-state index contributed by atoms with van der Waals surface area (Å²) < 4.78 is 0. The molecular weight excluding hydrogens is 228 g/mol. The first-order valence-electron chi connectivity index (χ1n) is 5.48. The van der Waals surface area contributed by atoms with Crippen LogP contribution < -0.4 is 11.3 Å². The number of hydrogen-bond acceptors (Lipinski definition) is 3. The number of rotatable bonds is 3. The highest BCUT2D eigenvalue weighted by molar-refractivity contribution is 7.10. The van der Waals surface area contributed by atoms with Crippen LogP contribution in [-0.2, 0) is 0 Å². The van der Waals surface area contributed by atoms with Gasteiger partial charge < -0.3 is 0 Å². The minimum absolute atomic E-state index is 0.269. The third-order valence-corrected chi connectivity index (χ3v) is 5.30. The SMILES string of the molecule is NNC(c1sccc1Cl)C1CC2CC2C1. The van der Waals surface area contributed by atoms with Gasteiger partial charge in [-0.25, -0.2) is 0 Å². The lowest BCUT2D eigenvalue weighted by atomic mass is 9.94. The predicted molar refractivity (Wildman–Crippen MR) is 63.7 cm³/mol. The van der Waals surface area contributed by atoms with E-state index >= 15 is 0 Å². The van der Waals surface area contributed by atoms with Crippen LogP contribution in [0.3, 0.4) is 0 Å². The van der Waals surface area contributed by atoms with E-state index < -0.39 is 0 Å². The van der Waals surface area contributed by atoms with Gasteiger partial charge in [0.2, 0.25) is 0 Å². The molecule has 15 heavy (non-hydrogen) atoms. The van der Waals surface area contributed by atoms with Crippen LogP contribution in [-0.4, -0.2) is 0 Å². The maximum absolute atomic E-state index is 6.15. The summed E-state index contributed by atoms with van der Waals surface area (Å²) in [5.74, 6) is 8.34. The normalized spacial score (nSPS) is 35.2. The van der Waals surface area contributed by atoms with E-state index in [2.05, 4.69) is 5.43 Å². The Hall–Kier alpha value is -0.0900. The summed E-state index contributed by atoms with van der Waals surface area (Å²) in [7, 11) is 0. The van der Waals surface area contributed by atoms with Crippen molar-refractivity contribution in [3.8, 4) is 0 Å². The lowest BCUT2D eigenvalue weighted by Gasteiger charge is -2.23. The van der Waals surface area contributed by atoms with E-state index in [4.69, 9.17) is 17.4 Å². The average molecular weight is 243 g/mol. The first-order chi connectivity index (χ1) is 7.29. The predicted octanol–water partition coefficient (Wildman–Crippen LogP) is 2.95. The number of hydrogen-bond donors (Lipinski definition) is 2. The highest BCUT2D eigenvalue weighted by Crippen LogP contribution is 2.57. The molecule has 1 heterocycles. The Morgan fingerprint density at radius 1 is 1.40 bits per heavy atom. The van der Waals surface area contributed by atoms with Crippen LogP contribution in [0, 0.1) is 17.8 Å². The van der Waals surface area contributed by atoms with Gasteiger partial charge >= 0.3 is 0 Å². The Morgan fingerprint density at radius 3 is 2.67 bits per heavy atom. The Kier molecular flexibility index (Phi) is 2.51. The Labute approximate surface area is 98.8 Å². The zero-order valence-electron chi connectivity index (χ0n) is 8.45. The molecule has 3 N–H and O–H groups in total. The van der Waals surface area contributed by atoms with Crippen molar-refractivity contribution in [3.05, 3.63) is 21.3 Å². The summed E-state index contributed by atoms with van der Waals surface area (Å²) in [6, 6.07) is 2.23. The Morgan fingerprint density at radius 2 is 2.13 bits per heavy atom. The molecule has 2 fully saturated rings. The van der Waals surface area contributed by atoms with Gasteiger partial charge in [-0.3, -0.25) is 11.3 Å². The molecule has 4 heteroatoms. The van der Waals surface area contributed by atoms with Gasteiger partial charge in [0.25, 0.3) is 0 Å². The third kappa shape index (κ3) is 1.72. The molecule has 2 aliphatic carbocycles. The van der Waals surface area contributed by atoms with E-state index in [-0.39, 0.29) is 6.04 Å². The highest BCUT2D eigenvalue weighted by atomic mass is 35.5. The van der Waals surface area contributed by atoms with Gasteiger partial charge in [0, 0.05) is 4.88 Å². The second-order valence-electron chi connectivity index (χ2n) is 4.76. The first-order valence-corrected chi connectivity index (χ1v) is 6.74. The number of thiophene rings is 1. The number of nitrogens with one attached hydrogen (secondary N) is 1. The van der Waals surface area contributed by atoms with Crippen molar-refractivity contribution in [2.45, 2.75) is 25.3 Å². The standard InChI is InChI=1S/C11H15ClN2S/c12-9-1-2-15-11(9)10(14-13)8-4-6-3-7(6)5-8/h1-2,6-8,10,14H,3-5,13H2. The van der Waals surface area contributed by atoms with Crippen LogP contribution in [0.1, 0.15) is 30.2 Å². The Balaban J connectivity index is 1.79. The fourth-order valence-corrected chi connectivity index (χ4v) is 4.31. The molecule has 0 aromatic carbocycles. The van der Waals surface area contributed by atoms with Crippen LogP contribution in [0.5, 0.6) is 0 Å². The van der Waals surface area contributed by atoms with Crippen molar-refractivity contribution in [1.29, 1.82) is 0 Å². The summed E-state index contributed by atoms with van der Waals surface area (Å²) in [5, 5.41) is 2.90. The molecule has 3 unspecified atom stereocenters.